The molecule has 1 aliphatic heterocycles. The monoisotopic (exact) mass is 545 g/mol. The molecule has 3 aromatic heterocycles. The molecule has 0 radical (unpaired) electrons. The van der Waals surface area contributed by atoms with Gasteiger partial charge in [-0.3, -0.25) is 4.90 Å². The topological polar surface area (TPSA) is 115 Å². The summed E-state index contributed by atoms with van der Waals surface area (Å²) in [5, 5.41) is 8.07. The van der Waals surface area contributed by atoms with Crippen LogP contribution in [0.3, 0.4) is 0 Å². The minimum atomic E-state index is -2.66. The number of aromatic amines is 1. The predicted octanol–water partition coefficient (Wildman–Crippen LogP) is 2.72. The first-order chi connectivity index (χ1) is 18.9. The Morgan fingerprint density at radius 2 is 1.87 bits per heavy atom. The number of benzene rings is 2. The molecule has 202 valence electrons. The van der Waals surface area contributed by atoms with Crippen LogP contribution in [0.25, 0.3) is 27.8 Å². The largest absolute Gasteiger partial charge is 0.341 e. The lowest BCUT2D eigenvalue weighted by molar-refractivity contribution is 0.146. The predicted molar refractivity (Wildman–Crippen MR) is 152 cm³/mol. The molecule has 11 nitrogen and oxygen atoms in total. The van der Waals surface area contributed by atoms with E-state index in [-0.39, 0.29) is 6.54 Å². The Kier molecular flexibility index (Phi) is 7.00. The lowest BCUT2D eigenvalue weighted by Gasteiger charge is -2.31. The average Bonchev–Trinajstić information content (AvgIpc) is 3.53. The molecule has 1 aliphatic rings. The zero-order valence-electron chi connectivity index (χ0n) is 21.9. The van der Waals surface area contributed by atoms with E-state index in [0.717, 1.165) is 77.6 Å². The molecule has 6 rings (SSSR count). The first kappa shape index (κ1) is 25.4. The summed E-state index contributed by atoms with van der Waals surface area (Å²) in [6.07, 6.45) is 1.77. The van der Waals surface area contributed by atoms with E-state index in [0.29, 0.717) is 5.95 Å². The highest BCUT2D eigenvalue weighted by Crippen LogP contribution is 2.27. The Balaban J connectivity index is 1.24. The molecule has 2 N–H and O–H groups in total. The molecule has 0 amide bonds. The van der Waals surface area contributed by atoms with Crippen LogP contribution in [-0.4, -0.2) is 87.4 Å². The van der Waals surface area contributed by atoms with Gasteiger partial charge >= 0.3 is 0 Å². The molecule has 0 saturated carbocycles. The molecule has 12 heteroatoms. The Morgan fingerprint density at radius 1 is 1.05 bits per heavy atom. The summed E-state index contributed by atoms with van der Waals surface area (Å²) in [5.74, 6) is 1.42. The highest BCUT2D eigenvalue weighted by atomic mass is 32.2. The van der Waals surface area contributed by atoms with Crippen molar-refractivity contribution in [2.45, 2.75) is 13.1 Å². The van der Waals surface area contributed by atoms with Gasteiger partial charge in [-0.15, -0.1) is 5.10 Å². The van der Waals surface area contributed by atoms with Crippen molar-refractivity contribution in [2.24, 2.45) is 0 Å². The third-order valence-electron chi connectivity index (χ3n) is 7.13. The molecule has 0 unspecified atom stereocenters. The molecule has 0 spiro atoms. The van der Waals surface area contributed by atoms with Crippen LogP contribution in [0.2, 0.25) is 0 Å². The zero-order chi connectivity index (χ0) is 26.9. The number of fused-ring (bicyclic) bond motifs is 2. The maximum absolute atomic E-state index is 11.4. The highest BCUT2D eigenvalue weighted by Gasteiger charge is 2.16. The maximum atomic E-state index is 11.4. The fraction of sp³-hybridized carbons (Fsp3) is 0.296. The van der Waals surface area contributed by atoms with E-state index < -0.39 is 10.9 Å². The molecule has 39 heavy (non-hydrogen) atoms. The zero-order valence-corrected chi connectivity index (χ0v) is 22.8. The Morgan fingerprint density at radius 3 is 2.69 bits per heavy atom. The quantitative estimate of drug-likeness (QED) is 0.255. The third-order valence-corrected chi connectivity index (χ3v) is 7.83. The Hall–Kier alpha value is -3.84. The summed E-state index contributed by atoms with van der Waals surface area (Å²) in [6.45, 7) is 5.32. The van der Waals surface area contributed by atoms with Crippen LogP contribution in [0, 0.1) is 0 Å². The fourth-order valence-corrected chi connectivity index (χ4v) is 5.21. The minimum absolute atomic E-state index is 0.277. The van der Waals surface area contributed by atoms with Crippen LogP contribution in [0.1, 0.15) is 11.4 Å². The van der Waals surface area contributed by atoms with Gasteiger partial charge in [0.2, 0.25) is 16.8 Å². The molecule has 0 bridgehead atoms. The normalized spacial score (nSPS) is 15.2. The molecule has 1 fully saturated rings. The molecule has 4 heterocycles. The van der Waals surface area contributed by atoms with Gasteiger partial charge < -0.3 is 15.2 Å². The summed E-state index contributed by atoms with van der Waals surface area (Å²) >= 11 is 0. The maximum Gasteiger partial charge on any atom is 0.245 e. The van der Waals surface area contributed by atoms with Crippen LogP contribution < -0.4 is 5.32 Å². The highest BCUT2D eigenvalue weighted by molar-refractivity contribution is 7.69. The van der Waals surface area contributed by atoms with Gasteiger partial charge in [-0.2, -0.15) is 0 Å². The molecular weight excluding hydrogens is 514 g/mol. The van der Waals surface area contributed by atoms with E-state index in [1.165, 1.54) is 4.31 Å². The van der Waals surface area contributed by atoms with Gasteiger partial charge in [0.05, 0.1) is 35.0 Å². The van der Waals surface area contributed by atoms with Crippen molar-refractivity contribution in [3.05, 3.63) is 72.2 Å². The third kappa shape index (κ3) is 5.50. The van der Waals surface area contributed by atoms with Gasteiger partial charge in [-0.1, -0.05) is 24.3 Å². The van der Waals surface area contributed by atoms with Crippen molar-refractivity contribution in [3.63, 3.8) is 0 Å². The van der Waals surface area contributed by atoms with E-state index in [9.17, 15) is 8.42 Å². The summed E-state index contributed by atoms with van der Waals surface area (Å²) < 4.78 is 26.0. The minimum Gasteiger partial charge on any atom is -0.341 e. The van der Waals surface area contributed by atoms with Crippen LogP contribution in [0.5, 0.6) is 0 Å². The fourth-order valence-electron chi connectivity index (χ4n) is 4.94. The number of rotatable bonds is 8. The average molecular weight is 546 g/mol. The van der Waals surface area contributed by atoms with E-state index >= 15 is 0 Å². The van der Waals surface area contributed by atoms with Gasteiger partial charge in [0.25, 0.3) is 0 Å². The van der Waals surface area contributed by atoms with Crippen molar-refractivity contribution in [2.75, 3.05) is 45.6 Å². The van der Waals surface area contributed by atoms with Crippen LogP contribution in [-0.2, 0) is 24.0 Å². The van der Waals surface area contributed by atoms with Gasteiger partial charge in [0.1, 0.15) is 5.82 Å². The number of anilines is 2. The van der Waals surface area contributed by atoms with Gasteiger partial charge in [-0.05, 0) is 42.9 Å². The van der Waals surface area contributed by atoms with E-state index in [4.69, 9.17) is 10.1 Å². The van der Waals surface area contributed by atoms with Crippen molar-refractivity contribution >= 4 is 39.1 Å². The second-order valence-electron chi connectivity index (χ2n) is 9.97. The van der Waals surface area contributed by atoms with E-state index in [1.54, 1.807) is 13.2 Å². The number of hydrogen-bond donors (Lipinski definition) is 3. The lowest BCUT2D eigenvalue weighted by Crippen LogP contribution is -2.44. The van der Waals surface area contributed by atoms with Gasteiger partial charge in [0, 0.05) is 51.0 Å². The smallest absolute Gasteiger partial charge is 0.245 e. The first-order valence-corrected chi connectivity index (χ1v) is 14.0. The summed E-state index contributed by atoms with van der Waals surface area (Å²) in [4.78, 5) is 17.5. The van der Waals surface area contributed by atoms with E-state index in [2.05, 4.69) is 32.1 Å². The van der Waals surface area contributed by atoms with Crippen LogP contribution in [0.15, 0.2) is 60.8 Å². The first-order valence-electron chi connectivity index (χ1n) is 12.9. The number of piperazine rings is 1. The number of nitrogens with zero attached hydrogens (tertiary/aromatic N) is 7. The molecule has 5 aromatic rings. The van der Waals surface area contributed by atoms with Gasteiger partial charge in [-0.25, -0.2) is 27.2 Å². The van der Waals surface area contributed by atoms with E-state index in [1.807, 2.05) is 59.1 Å². The molecular formula is C27H31N9O2S. The summed E-state index contributed by atoms with van der Waals surface area (Å²) in [6, 6.07) is 17.7. The number of thiol groups is 1. The second kappa shape index (κ2) is 10.7. The van der Waals surface area contributed by atoms with Crippen molar-refractivity contribution in [1.29, 1.82) is 0 Å². The van der Waals surface area contributed by atoms with Crippen molar-refractivity contribution in [1.82, 2.24) is 38.7 Å². The Labute approximate surface area is 228 Å². The van der Waals surface area contributed by atoms with Crippen molar-refractivity contribution in [3.8, 4) is 11.3 Å². The second-order valence-corrected chi connectivity index (χ2v) is 11.1. The van der Waals surface area contributed by atoms with Crippen LogP contribution in [0.4, 0.5) is 11.6 Å². The lowest BCUT2D eigenvalue weighted by atomic mass is 10.0. The number of imidazole rings is 1. The number of likely N-dealkylation sites (N-methyl/N-ethyl adjacent to an activating group) is 1. The number of H-pyrrole nitrogens is 1. The molecule has 1 saturated heterocycles. The Bertz CT molecular complexity index is 1690. The SMILES string of the molecule is CN1CCN(Cc2nc3ccc(Nc4ncc5ccc(-c6ccccc6CN(C)[SH](=O)=O)n5n4)cc3[nH]2)CC1. The molecule has 0 atom stereocenters. The number of aromatic nitrogens is 5. The van der Waals surface area contributed by atoms with Crippen molar-refractivity contribution < 1.29 is 8.42 Å². The molecule has 0 aliphatic carbocycles. The summed E-state index contributed by atoms with van der Waals surface area (Å²) in [5.41, 5.74) is 6.25. The standard InChI is InChI=1S/C27H31N9O2S/c1-33-11-13-35(14-12-33)18-26-30-23-9-7-20(15-24(23)31-26)29-27-28-16-21-8-10-25(36(21)32-27)22-6-4-3-5-19(22)17-34(2)39(37)38/h3-10,15-16,39H,11-14,17-18H2,1-2H3,(H,29,32)(H,30,31). The van der Waals surface area contributed by atoms with Gasteiger partial charge in [0.15, 0.2) is 0 Å². The number of nitrogens with one attached hydrogen (secondary N) is 2. The number of hydrogen-bond acceptors (Lipinski definition) is 8. The van der Waals surface area contributed by atoms with Crippen LogP contribution >= 0.6 is 0 Å². The summed E-state index contributed by atoms with van der Waals surface area (Å²) in [7, 11) is 1.06. The molecule has 2 aromatic carbocycles.